The van der Waals surface area contributed by atoms with Crippen molar-refractivity contribution in [2.24, 2.45) is 0 Å². The lowest BCUT2D eigenvalue weighted by molar-refractivity contribution is -0.245. The molecule has 6 heteroatoms. The number of nitrogens with one attached hydrogen (secondary N) is 1. The highest BCUT2D eigenvalue weighted by atomic mass is 32.2. The number of sulfonamides is 1. The Kier molecular flexibility index (Phi) is 3.42. The average Bonchev–Trinajstić information content (AvgIpc) is 1.95. The second kappa shape index (κ2) is 3.94. The molecule has 0 aliphatic carbocycles. The summed E-state index contributed by atoms with van der Waals surface area (Å²) in [5.74, 6) is 0. The van der Waals surface area contributed by atoms with Crippen molar-refractivity contribution in [3.8, 4) is 0 Å². The highest BCUT2D eigenvalue weighted by Gasteiger charge is 2.45. The van der Waals surface area contributed by atoms with Gasteiger partial charge in [0.05, 0.1) is 6.26 Å². The highest BCUT2D eigenvalue weighted by Crippen LogP contribution is 2.36. The lowest BCUT2D eigenvalue weighted by Gasteiger charge is -2.51. The number of hydroxylamine groups is 2. The monoisotopic (exact) mass is 250 g/mol. The molecule has 96 valence electrons. The molecule has 1 heterocycles. The molecule has 16 heavy (non-hydrogen) atoms. The van der Waals surface area contributed by atoms with Crippen LogP contribution >= 0.6 is 0 Å². The van der Waals surface area contributed by atoms with Crippen LogP contribution in [-0.4, -0.2) is 42.1 Å². The van der Waals surface area contributed by atoms with Gasteiger partial charge in [-0.15, -0.1) is 0 Å². The fraction of sp³-hybridized carbons (Fsp3) is 1.00. The fourth-order valence-electron chi connectivity index (χ4n) is 2.66. The molecule has 0 aromatic rings. The average molecular weight is 250 g/mol. The highest BCUT2D eigenvalue weighted by molar-refractivity contribution is 7.88. The van der Waals surface area contributed by atoms with E-state index in [2.05, 4.69) is 4.72 Å². The molecule has 1 aliphatic heterocycles. The Morgan fingerprint density at radius 3 is 1.88 bits per heavy atom. The normalized spacial score (nSPS) is 26.9. The van der Waals surface area contributed by atoms with Crippen LogP contribution in [0.15, 0.2) is 0 Å². The van der Waals surface area contributed by atoms with Crippen molar-refractivity contribution in [1.29, 1.82) is 0 Å². The molecule has 1 aliphatic rings. The van der Waals surface area contributed by atoms with Crippen molar-refractivity contribution < 1.29 is 13.6 Å². The van der Waals surface area contributed by atoms with Crippen LogP contribution in [0.1, 0.15) is 40.5 Å². The molecule has 0 saturated carbocycles. The summed E-state index contributed by atoms with van der Waals surface area (Å²) >= 11 is 0. The summed E-state index contributed by atoms with van der Waals surface area (Å²) in [7, 11) is -3.19. The summed E-state index contributed by atoms with van der Waals surface area (Å²) in [5, 5.41) is 11.4. The topological polar surface area (TPSA) is 69.6 Å². The van der Waals surface area contributed by atoms with Gasteiger partial charge >= 0.3 is 0 Å². The Bertz CT molecular complexity index is 344. The first kappa shape index (κ1) is 13.9. The van der Waals surface area contributed by atoms with E-state index in [-0.39, 0.29) is 6.04 Å². The van der Waals surface area contributed by atoms with E-state index in [1.807, 2.05) is 27.7 Å². The third kappa shape index (κ3) is 3.16. The van der Waals surface area contributed by atoms with Crippen LogP contribution in [0.25, 0.3) is 0 Å². The van der Waals surface area contributed by atoms with Gasteiger partial charge in [0.25, 0.3) is 0 Å². The summed E-state index contributed by atoms with van der Waals surface area (Å²) in [6.07, 6.45) is 2.36. The summed E-state index contributed by atoms with van der Waals surface area (Å²) in [5.41, 5.74) is -0.853. The summed E-state index contributed by atoms with van der Waals surface area (Å²) in [4.78, 5) is 0. The molecule has 0 bridgehead atoms. The van der Waals surface area contributed by atoms with E-state index in [4.69, 9.17) is 0 Å². The smallest absolute Gasteiger partial charge is 0.208 e. The van der Waals surface area contributed by atoms with Crippen molar-refractivity contribution in [3.05, 3.63) is 0 Å². The SMILES string of the molecule is CC1(C)CC(NS(C)(=O)=O)CC(C)(C)N1O. The molecule has 1 fully saturated rings. The minimum atomic E-state index is -3.19. The van der Waals surface area contributed by atoms with Gasteiger partial charge in [0.2, 0.25) is 10.0 Å². The fourth-order valence-corrected chi connectivity index (χ4v) is 3.43. The molecule has 0 radical (unpaired) electrons. The molecule has 0 atom stereocenters. The lowest BCUT2D eigenvalue weighted by atomic mass is 9.79. The number of rotatable bonds is 2. The van der Waals surface area contributed by atoms with Gasteiger partial charge < -0.3 is 5.21 Å². The maximum absolute atomic E-state index is 11.2. The van der Waals surface area contributed by atoms with Crippen LogP contribution in [0.3, 0.4) is 0 Å². The predicted octanol–water partition coefficient (Wildman–Crippen LogP) is 0.946. The van der Waals surface area contributed by atoms with Gasteiger partial charge in [-0.2, -0.15) is 5.06 Å². The maximum Gasteiger partial charge on any atom is 0.208 e. The van der Waals surface area contributed by atoms with E-state index < -0.39 is 21.1 Å². The van der Waals surface area contributed by atoms with E-state index in [0.717, 1.165) is 0 Å². The number of nitrogens with zero attached hydrogens (tertiary/aromatic N) is 1. The van der Waals surface area contributed by atoms with Crippen LogP contribution in [0.2, 0.25) is 0 Å². The first-order chi connectivity index (χ1) is 6.94. The molecule has 0 aromatic heterocycles. The molecule has 1 saturated heterocycles. The molecule has 2 N–H and O–H groups in total. The quantitative estimate of drug-likeness (QED) is 0.765. The van der Waals surface area contributed by atoms with Gasteiger partial charge in [-0.1, -0.05) is 0 Å². The Morgan fingerprint density at radius 2 is 1.56 bits per heavy atom. The van der Waals surface area contributed by atoms with Crippen LogP contribution in [0, 0.1) is 0 Å². The molecule has 0 aromatic carbocycles. The third-order valence-electron chi connectivity index (χ3n) is 3.02. The van der Waals surface area contributed by atoms with Crippen molar-refractivity contribution in [2.45, 2.75) is 57.7 Å². The molecular formula is C10H22N2O3S. The molecule has 0 amide bonds. The standard InChI is InChI=1S/C10H22N2O3S/c1-9(2)6-8(11-16(5,14)15)7-10(3,4)12(9)13/h8,11,13H,6-7H2,1-5H3. The third-order valence-corrected chi connectivity index (χ3v) is 3.78. The van der Waals surface area contributed by atoms with Gasteiger partial charge in [-0.3, -0.25) is 0 Å². The minimum absolute atomic E-state index is 0.122. The van der Waals surface area contributed by atoms with Gasteiger partial charge in [-0.25, -0.2) is 13.1 Å². The van der Waals surface area contributed by atoms with Crippen LogP contribution in [-0.2, 0) is 10.0 Å². The molecule has 0 unspecified atom stereocenters. The van der Waals surface area contributed by atoms with E-state index in [1.165, 1.54) is 11.3 Å². The Hall–Kier alpha value is -0.170. The molecular weight excluding hydrogens is 228 g/mol. The lowest BCUT2D eigenvalue weighted by Crippen LogP contribution is -2.62. The zero-order chi connectivity index (χ0) is 12.8. The Morgan fingerprint density at radius 1 is 1.19 bits per heavy atom. The Labute approximate surface area is 97.8 Å². The summed E-state index contributed by atoms with van der Waals surface area (Å²) in [6, 6.07) is -0.122. The van der Waals surface area contributed by atoms with Crippen molar-refractivity contribution in [3.63, 3.8) is 0 Å². The molecule has 5 nitrogen and oxygen atoms in total. The van der Waals surface area contributed by atoms with E-state index in [9.17, 15) is 13.6 Å². The predicted molar refractivity (Wildman–Crippen MR) is 62.8 cm³/mol. The van der Waals surface area contributed by atoms with Gasteiger partial charge in [0.15, 0.2) is 0 Å². The van der Waals surface area contributed by atoms with Gasteiger partial charge in [0.1, 0.15) is 0 Å². The number of hydrogen-bond acceptors (Lipinski definition) is 4. The van der Waals surface area contributed by atoms with E-state index in [0.29, 0.717) is 12.8 Å². The number of hydrogen-bond donors (Lipinski definition) is 2. The zero-order valence-electron chi connectivity index (χ0n) is 10.6. The first-order valence-electron chi connectivity index (χ1n) is 5.41. The maximum atomic E-state index is 11.2. The Balaban J connectivity index is 2.87. The van der Waals surface area contributed by atoms with Gasteiger partial charge in [-0.05, 0) is 40.5 Å². The van der Waals surface area contributed by atoms with E-state index >= 15 is 0 Å². The van der Waals surface area contributed by atoms with Crippen molar-refractivity contribution >= 4 is 10.0 Å². The first-order valence-corrected chi connectivity index (χ1v) is 7.30. The molecule has 1 rings (SSSR count). The van der Waals surface area contributed by atoms with Gasteiger partial charge in [0, 0.05) is 17.1 Å². The summed E-state index contributed by atoms with van der Waals surface area (Å²) < 4.78 is 25.1. The second-order valence-electron chi connectivity index (χ2n) is 5.93. The van der Waals surface area contributed by atoms with Crippen LogP contribution < -0.4 is 4.72 Å². The van der Waals surface area contributed by atoms with Crippen molar-refractivity contribution in [2.75, 3.05) is 6.26 Å². The van der Waals surface area contributed by atoms with Crippen LogP contribution in [0.4, 0.5) is 0 Å². The minimum Gasteiger partial charge on any atom is -0.313 e. The van der Waals surface area contributed by atoms with Crippen LogP contribution in [0.5, 0.6) is 0 Å². The zero-order valence-corrected chi connectivity index (χ0v) is 11.4. The summed E-state index contributed by atoms with van der Waals surface area (Å²) in [6.45, 7) is 7.63. The largest absolute Gasteiger partial charge is 0.313 e. The molecule has 0 spiro atoms. The van der Waals surface area contributed by atoms with Crippen molar-refractivity contribution in [1.82, 2.24) is 9.79 Å². The second-order valence-corrected chi connectivity index (χ2v) is 7.71. The van der Waals surface area contributed by atoms with E-state index in [1.54, 1.807) is 0 Å². The number of piperidine rings is 1.